The molecule has 6 aliphatic rings. The van der Waals surface area contributed by atoms with Crippen LogP contribution in [-0.2, 0) is 27.2 Å². The van der Waals surface area contributed by atoms with Crippen molar-refractivity contribution in [3.8, 4) is 29.1 Å². The van der Waals surface area contributed by atoms with Gasteiger partial charge in [-0.1, -0.05) is 42.4 Å². The van der Waals surface area contributed by atoms with Gasteiger partial charge >= 0.3 is 12.1 Å². The number of phenols is 1. The van der Waals surface area contributed by atoms with E-state index in [2.05, 4.69) is 38.6 Å². The Labute approximate surface area is 451 Å². The molecule has 2 bridgehead atoms. The van der Waals surface area contributed by atoms with E-state index in [0.717, 1.165) is 86.5 Å². The van der Waals surface area contributed by atoms with Crippen LogP contribution in [0.5, 0.6) is 11.8 Å². The third-order valence-electron chi connectivity index (χ3n) is 17.3. The largest absolute Gasteiger partial charge is 0.508 e. The maximum Gasteiger partial charge on any atom is 0.409 e. The van der Waals surface area contributed by atoms with E-state index in [1.165, 1.54) is 0 Å². The number of hydrogen-bond acceptors (Lipinski definition) is 16. The molecule has 78 heavy (non-hydrogen) atoms. The van der Waals surface area contributed by atoms with Crippen LogP contribution in [0.2, 0.25) is 0 Å². The van der Waals surface area contributed by atoms with Crippen LogP contribution in [0.15, 0.2) is 71.4 Å². The second-order valence-electron chi connectivity index (χ2n) is 22.0. The van der Waals surface area contributed by atoms with Gasteiger partial charge in [0.1, 0.15) is 47.8 Å². The minimum atomic E-state index is -0.595. The number of likely N-dealkylation sites (tertiary alicyclic amines) is 1. The number of carbonyl (C=O) groups is 3. The van der Waals surface area contributed by atoms with Gasteiger partial charge in [0.15, 0.2) is 11.6 Å². The molecule has 0 aliphatic carbocycles. The number of aromatic hydroxyl groups is 1. The van der Waals surface area contributed by atoms with Crippen molar-refractivity contribution < 1.29 is 37.9 Å². The van der Waals surface area contributed by atoms with Crippen molar-refractivity contribution in [1.29, 1.82) is 5.26 Å². The summed E-state index contributed by atoms with van der Waals surface area (Å²) in [7, 11) is 0. The minimum absolute atomic E-state index is 0.000827. The molecule has 12 rings (SSSR count). The lowest BCUT2D eigenvalue weighted by Gasteiger charge is -2.36. The van der Waals surface area contributed by atoms with Crippen LogP contribution in [0, 0.1) is 17.1 Å². The lowest BCUT2D eigenvalue weighted by molar-refractivity contribution is -0.138. The van der Waals surface area contributed by atoms with Crippen LogP contribution in [0.25, 0.3) is 32.9 Å². The molecule has 3 aromatic carbocycles. The summed E-state index contributed by atoms with van der Waals surface area (Å²) < 4.78 is 35.6. The zero-order chi connectivity index (χ0) is 53.7. The van der Waals surface area contributed by atoms with E-state index < -0.39 is 11.9 Å². The van der Waals surface area contributed by atoms with Crippen molar-refractivity contribution in [3.05, 3.63) is 95.1 Å². The number of ether oxygens (including phenoxy) is 2. The first-order valence-electron chi connectivity index (χ1n) is 27.7. The average Bonchev–Trinajstić information content (AvgIpc) is 4.45. The number of nitrogens with zero attached hydrogens (tertiary/aromatic N) is 10. The first-order chi connectivity index (χ1) is 37.9. The SMILES string of the molecule is CCc1cccc2cc(O)cc(-c3ncc4c(N5CC6CCC(C5)N6)nc(OCC56CCCN5C(COC(=O)N5CCN(c7cc(CC(=O)N8CCCC8C(=O)NC(C)c8ccc(C#N)cc8)on7)CC5)CC6)nc4c3F)c12. The van der Waals surface area contributed by atoms with Gasteiger partial charge in [-0.05, 0) is 117 Å². The fourth-order valence-electron chi connectivity index (χ4n) is 13.2. The molecule has 3 aromatic heterocycles. The molecule has 20 heteroatoms. The third kappa shape index (κ3) is 9.86. The highest BCUT2D eigenvalue weighted by Gasteiger charge is 2.50. The molecule has 6 fully saturated rings. The van der Waals surface area contributed by atoms with Gasteiger partial charge in [0.05, 0.1) is 35.0 Å². The van der Waals surface area contributed by atoms with Crippen molar-refractivity contribution >= 4 is 51.2 Å². The standard InChI is InChI=1S/C58H65FN12O7/c1-3-37-7-4-8-39-25-43(72)26-45(50(37)39)52-51(59)53-46(30-61-52)54(69-31-40-14-15-41(32-69)63-40)65-56(64-53)77-34-58-17-6-20-71(58)42(16-18-58)33-76-57(75)68-23-21-67(22-24-68)48-27-44(78-66-48)28-49(73)70-19-5-9-47(70)55(74)62-35(2)38-12-10-36(29-60)11-13-38/h4,7-8,10-13,25-27,30,35,40-42,47,63,72H,3,5-6,9,14-24,28,31-34H2,1-2H3,(H,62,74). The fraction of sp³-hybridized carbons (Fsp3) is 0.483. The third-order valence-corrected chi connectivity index (χ3v) is 17.3. The Bertz CT molecular complexity index is 3300. The predicted octanol–water partition coefficient (Wildman–Crippen LogP) is 6.80. The van der Waals surface area contributed by atoms with E-state index >= 15 is 4.39 Å². The van der Waals surface area contributed by atoms with Crippen molar-refractivity contribution in [1.82, 2.24) is 45.4 Å². The number of rotatable bonds is 14. The number of amides is 3. The van der Waals surface area contributed by atoms with Crippen LogP contribution >= 0.6 is 0 Å². The summed E-state index contributed by atoms with van der Waals surface area (Å²) in [6, 6.07) is 19.9. The minimum Gasteiger partial charge on any atom is -0.508 e. The highest BCUT2D eigenvalue weighted by atomic mass is 19.1. The molecule has 19 nitrogen and oxygen atoms in total. The maximum absolute atomic E-state index is 17.3. The summed E-state index contributed by atoms with van der Waals surface area (Å²) in [6.07, 6.45) is 8.89. The number of anilines is 2. The molecular formula is C58H65FN12O7. The van der Waals surface area contributed by atoms with Gasteiger partial charge in [-0.2, -0.15) is 15.2 Å². The quantitative estimate of drug-likeness (QED) is 0.102. The number of nitrogens with one attached hydrogen (secondary N) is 2. The first kappa shape index (κ1) is 51.1. The summed E-state index contributed by atoms with van der Waals surface area (Å²) in [6.45, 7) is 9.05. The number of benzene rings is 3. The summed E-state index contributed by atoms with van der Waals surface area (Å²) in [4.78, 5) is 65.0. The molecule has 6 aliphatic heterocycles. The number of hydrogen-bond donors (Lipinski definition) is 3. The normalized spacial score (nSPS) is 23.5. The molecule has 6 saturated heterocycles. The fourth-order valence-corrected chi connectivity index (χ4v) is 13.2. The van der Waals surface area contributed by atoms with E-state index in [0.29, 0.717) is 98.2 Å². The van der Waals surface area contributed by atoms with Gasteiger partial charge < -0.3 is 49.3 Å². The Kier molecular flexibility index (Phi) is 14.0. The Hall–Kier alpha value is -7.63. The molecule has 6 unspecified atom stereocenters. The number of aromatic nitrogens is 4. The molecular weight excluding hydrogens is 996 g/mol. The zero-order valence-corrected chi connectivity index (χ0v) is 44.1. The zero-order valence-electron chi connectivity index (χ0n) is 44.1. The highest BCUT2D eigenvalue weighted by Crippen LogP contribution is 2.44. The number of fused-ring (bicyclic) bond motifs is 5. The topological polar surface area (TPSA) is 219 Å². The molecule has 0 radical (unpaired) electrons. The Morgan fingerprint density at radius 2 is 1.77 bits per heavy atom. The van der Waals surface area contributed by atoms with Gasteiger partial charge in [-0.3, -0.25) is 19.5 Å². The summed E-state index contributed by atoms with van der Waals surface area (Å²) in [5, 5.41) is 33.1. The number of phenolic OH excluding ortho intramolecular Hbond substituents is 1. The van der Waals surface area contributed by atoms with E-state index in [1.54, 1.807) is 46.3 Å². The molecule has 6 aromatic rings. The van der Waals surface area contributed by atoms with Crippen LogP contribution in [0.4, 0.5) is 20.8 Å². The molecule has 406 valence electrons. The summed E-state index contributed by atoms with van der Waals surface area (Å²) in [5.41, 5.74) is 2.84. The molecule has 0 saturated carbocycles. The second kappa shape index (κ2) is 21.3. The van der Waals surface area contributed by atoms with Gasteiger partial charge in [0.25, 0.3) is 0 Å². The second-order valence-corrected chi connectivity index (χ2v) is 22.0. The molecule has 3 N–H and O–H groups in total. The Morgan fingerprint density at radius 3 is 2.55 bits per heavy atom. The number of halogens is 1. The van der Waals surface area contributed by atoms with Crippen molar-refractivity contribution in [3.63, 3.8) is 0 Å². The number of pyridine rings is 1. The summed E-state index contributed by atoms with van der Waals surface area (Å²) in [5.74, 6) is 0.577. The van der Waals surface area contributed by atoms with Gasteiger partial charge in [0, 0.05) is 81.8 Å². The maximum atomic E-state index is 17.3. The van der Waals surface area contributed by atoms with E-state index in [4.69, 9.17) is 34.2 Å². The van der Waals surface area contributed by atoms with Crippen LogP contribution in [0.3, 0.4) is 0 Å². The van der Waals surface area contributed by atoms with Gasteiger partial charge in [-0.25, -0.2) is 9.18 Å². The number of nitriles is 1. The van der Waals surface area contributed by atoms with Crippen molar-refractivity contribution in [2.75, 3.05) is 75.4 Å². The van der Waals surface area contributed by atoms with E-state index in [-0.39, 0.29) is 71.5 Å². The van der Waals surface area contributed by atoms with Crippen LogP contribution in [0.1, 0.15) is 93.7 Å². The molecule has 6 atom stereocenters. The van der Waals surface area contributed by atoms with E-state index in [1.807, 2.05) is 42.2 Å². The molecule has 3 amide bonds. The molecule has 0 spiro atoms. The van der Waals surface area contributed by atoms with Crippen molar-refractivity contribution in [2.45, 2.75) is 114 Å². The number of carbonyl (C=O) groups excluding carboxylic acids is 3. The molecule has 9 heterocycles. The van der Waals surface area contributed by atoms with Crippen LogP contribution < -0.4 is 25.2 Å². The van der Waals surface area contributed by atoms with Crippen molar-refractivity contribution in [2.24, 2.45) is 0 Å². The van der Waals surface area contributed by atoms with E-state index in [9.17, 15) is 19.5 Å². The highest BCUT2D eigenvalue weighted by molar-refractivity contribution is 6.01. The monoisotopic (exact) mass is 1060 g/mol. The van der Waals surface area contributed by atoms with Crippen LogP contribution in [-0.4, -0.2) is 153 Å². The Balaban J connectivity index is 0.664. The summed E-state index contributed by atoms with van der Waals surface area (Å²) >= 11 is 0. The first-order valence-corrected chi connectivity index (χ1v) is 27.7. The lowest BCUT2D eigenvalue weighted by atomic mass is 9.95. The Morgan fingerprint density at radius 1 is 0.962 bits per heavy atom. The predicted molar refractivity (Wildman–Crippen MR) is 288 cm³/mol. The van der Waals surface area contributed by atoms with Gasteiger partial charge in [0.2, 0.25) is 11.8 Å². The number of aryl methyl sites for hydroxylation is 1. The van der Waals surface area contributed by atoms with Gasteiger partial charge in [-0.15, -0.1) is 0 Å². The average molecular weight is 1060 g/mol. The smallest absolute Gasteiger partial charge is 0.409 e. The number of piperazine rings is 2. The lowest BCUT2D eigenvalue weighted by Crippen LogP contribution is -2.51.